The molecule has 0 saturated carbocycles. The van der Waals surface area contributed by atoms with E-state index in [-0.39, 0.29) is 5.91 Å². The van der Waals surface area contributed by atoms with Crippen molar-refractivity contribution < 1.29 is 4.79 Å². The van der Waals surface area contributed by atoms with Crippen LogP contribution in [0.25, 0.3) is 0 Å². The molecule has 0 saturated heterocycles. The minimum atomic E-state index is 0.144. The number of hydrogen-bond acceptors (Lipinski definition) is 3. The molecule has 0 unspecified atom stereocenters. The zero-order valence-corrected chi connectivity index (χ0v) is 10.0. The van der Waals surface area contributed by atoms with Crippen LogP contribution in [0.4, 0.5) is 0 Å². The molecule has 0 atom stereocenters. The highest BCUT2D eigenvalue weighted by Crippen LogP contribution is 1.89. The Morgan fingerprint density at radius 1 is 1.56 bits per heavy atom. The molecule has 1 heterocycles. The average molecular weight is 224 g/mol. The van der Waals surface area contributed by atoms with E-state index in [4.69, 9.17) is 0 Å². The van der Waals surface area contributed by atoms with E-state index in [9.17, 15) is 4.79 Å². The molecule has 90 valence electrons. The minimum absolute atomic E-state index is 0.144. The molecule has 0 aromatic carbocycles. The number of nitrogens with zero attached hydrogens (tertiary/aromatic N) is 3. The molecule has 0 fully saturated rings. The van der Waals surface area contributed by atoms with Gasteiger partial charge in [-0.3, -0.25) is 4.79 Å². The standard InChI is InChI=1S/C11H20N4O/c1-3-14(2)11(16)9-12-5-4-7-15-8-6-13-10-15/h6,8,10,12H,3-5,7,9H2,1-2H3. The van der Waals surface area contributed by atoms with Crippen molar-refractivity contribution in [3.05, 3.63) is 18.7 Å². The van der Waals surface area contributed by atoms with E-state index in [0.717, 1.165) is 26.1 Å². The maximum Gasteiger partial charge on any atom is 0.236 e. The Balaban J connectivity index is 2.02. The first-order valence-electron chi connectivity index (χ1n) is 5.64. The van der Waals surface area contributed by atoms with Gasteiger partial charge in [0, 0.05) is 32.5 Å². The normalized spacial score (nSPS) is 10.4. The number of aromatic nitrogens is 2. The number of aryl methyl sites for hydroxylation is 1. The van der Waals surface area contributed by atoms with E-state index in [1.165, 1.54) is 0 Å². The van der Waals surface area contributed by atoms with Crippen LogP contribution in [0.5, 0.6) is 0 Å². The molecule has 0 aliphatic rings. The number of carbonyl (C=O) groups excluding carboxylic acids is 1. The van der Waals surface area contributed by atoms with Crippen molar-refractivity contribution in [3.63, 3.8) is 0 Å². The van der Waals surface area contributed by atoms with Crippen LogP contribution in [0.2, 0.25) is 0 Å². The van der Waals surface area contributed by atoms with Crippen LogP contribution in [0, 0.1) is 0 Å². The van der Waals surface area contributed by atoms with Gasteiger partial charge in [0.05, 0.1) is 12.9 Å². The summed E-state index contributed by atoms with van der Waals surface area (Å²) < 4.78 is 2.03. The molecule has 1 amide bonds. The maximum atomic E-state index is 11.4. The van der Waals surface area contributed by atoms with E-state index in [0.29, 0.717) is 6.54 Å². The van der Waals surface area contributed by atoms with Gasteiger partial charge in [0.15, 0.2) is 0 Å². The lowest BCUT2D eigenvalue weighted by Crippen LogP contribution is -2.35. The fraction of sp³-hybridized carbons (Fsp3) is 0.636. The van der Waals surface area contributed by atoms with Gasteiger partial charge in [0.25, 0.3) is 0 Å². The molecule has 5 nitrogen and oxygen atoms in total. The molecule has 0 spiro atoms. The van der Waals surface area contributed by atoms with E-state index < -0.39 is 0 Å². The monoisotopic (exact) mass is 224 g/mol. The van der Waals surface area contributed by atoms with Gasteiger partial charge < -0.3 is 14.8 Å². The summed E-state index contributed by atoms with van der Waals surface area (Å²) in [6.45, 7) is 4.94. The highest BCUT2D eigenvalue weighted by molar-refractivity contribution is 5.77. The lowest BCUT2D eigenvalue weighted by Gasteiger charge is -2.14. The van der Waals surface area contributed by atoms with Crippen molar-refractivity contribution in [2.24, 2.45) is 0 Å². The SMILES string of the molecule is CCN(C)C(=O)CNCCCn1ccnc1. The number of nitrogens with one attached hydrogen (secondary N) is 1. The Hall–Kier alpha value is -1.36. The molecule has 1 aromatic heterocycles. The number of amides is 1. The van der Waals surface area contributed by atoms with Crippen LogP contribution in [-0.4, -0.2) is 47.0 Å². The summed E-state index contributed by atoms with van der Waals surface area (Å²) in [6, 6.07) is 0. The van der Waals surface area contributed by atoms with Gasteiger partial charge in [-0.25, -0.2) is 4.98 Å². The minimum Gasteiger partial charge on any atom is -0.345 e. The van der Waals surface area contributed by atoms with Crippen LogP contribution >= 0.6 is 0 Å². The second kappa shape index (κ2) is 7.00. The molecule has 0 bridgehead atoms. The molecule has 0 aliphatic carbocycles. The lowest BCUT2D eigenvalue weighted by molar-refractivity contribution is -0.128. The van der Waals surface area contributed by atoms with Crippen LogP contribution in [0.3, 0.4) is 0 Å². The van der Waals surface area contributed by atoms with Crippen molar-refractivity contribution in [1.29, 1.82) is 0 Å². The molecular formula is C11H20N4O. The molecule has 5 heteroatoms. The predicted molar refractivity (Wildman–Crippen MR) is 63.0 cm³/mol. The lowest BCUT2D eigenvalue weighted by atomic mass is 10.4. The second-order valence-electron chi connectivity index (χ2n) is 3.74. The van der Waals surface area contributed by atoms with E-state index in [2.05, 4.69) is 10.3 Å². The summed E-state index contributed by atoms with van der Waals surface area (Å²) in [6.07, 6.45) is 6.51. The fourth-order valence-corrected chi connectivity index (χ4v) is 1.31. The molecule has 0 radical (unpaired) electrons. The summed E-state index contributed by atoms with van der Waals surface area (Å²) in [5.41, 5.74) is 0. The van der Waals surface area contributed by atoms with Crippen LogP contribution in [0.15, 0.2) is 18.7 Å². The van der Waals surface area contributed by atoms with Gasteiger partial charge in [0.2, 0.25) is 5.91 Å². The quantitative estimate of drug-likeness (QED) is 0.680. The Kier molecular flexibility index (Phi) is 5.56. The number of likely N-dealkylation sites (N-methyl/N-ethyl adjacent to an activating group) is 1. The Morgan fingerprint density at radius 2 is 2.38 bits per heavy atom. The number of imidazole rings is 1. The third-order valence-corrected chi connectivity index (χ3v) is 2.51. The van der Waals surface area contributed by atoms with Crippen molar-refractivity contribution in [2.45, 2.75) is 19.9 Å². The molecule has 16 heavy (non-hydrogen) atoms. The van der Waals surface area contributed by atoms with Crippen LogP contribution < -0.4 is 5.32 Å². The largest absolute Gasteiger partial charge is 0.345 e. The zero-order chi connectivity index (χ0) is 11.8. The highest BCUT2D eigenvalue weighted by Gasteiger charge is 2.04. The Bertz CT molecular complexity index is 297. The smallest absolute Gasteiger partial charge is 0.236 e. The van der Waals surface area contributed by atoms with Gasteiger partial charge in [0.1, 0.15) is 0 Å². The Labute approximate surface area is 96.5 Å². The van der Waals surface area contributed by atoms with E-state index in [1.54, 1.807) is 17.4 Å². The Morgan fingerprint density at radius 3 is 3.00 bits per heavy atom. The first kappa shape index (κ1) is 12.7. The van der Waals surface area contributed by atoms with Crippen molar-refractivity contribution in [2.75, 3.05) is 26.7 Å². The van der Waals surface area contributed by atoms with Gasteiger partial charge in [-0.2, -0.15) is 0 Å². The first-order chi connectivity index (χ1) is 7.74. The van der Waals surface area contributed by atoms with Crippen LogP contribution in [0.1, 0.15) is 13.3 Å². The van der Waals surface area contributed by atoms with Gasteiger partial charge >= 0.3 is 0 Å². The summed E-state index contributed by atoms with van der Waals surface area (Å²) >= 11 is 0. The summed E-state index contributed by atoms with van der Waals surface area (Å²) in [5, 5.41) is 3.14. The molecule has 1 aromatic rings. The van der Waals surface area contributed by atoms with Crippen LogP contribution in [-0.2, 0) is 11.3 Å². The maximum absolute atomic E-state index is 11.4. The van der Waals surface area contributed by atoms with E-state index >= 15 is 0 Å². The number of hydrogen-bond donors (Lipinski definition) is 1. The topological polar surface area (TPSA) is 50.2 Å². The summed E-state index contributed by atoms with van der Waals surface area (Å²) in [7, 11) is 1.81. The van der Waals surface area contributed by atoms with Crippen molar-refractivity contribution in [3.8, 4) is 0 Å². The summed E-state index contributed by atoms with van der Waals surface area (Å²) in [5.74, 6) is 0.144. The number of rotatable bonds is 7. The first-order valence-corrected chi connectivity index (χ1v) is 5.64. The highest BCUT2D eigenvalue weighted by atomic mass is 16.2. The third kappa shape index (κ3) is 4.44. The summed E-state index contributed by atoms with van der Waals surface area (Å²) in [4.78, 5) is 17.1. The second-order valence-corrected chi connectivity index (χ2v) is 3.74. The van der Waals surface area contributed by atoms with Gasteiger partial charge in [-0.1, -0.05) is 0 Å². The van der Waals surface area contributed by atoms with Gasteiger partial charge in [-0.05, 0) is 19.9 Å². The molecule has 0 aliphatic heterocycles. The van der Waals surface area contributed by atoms with Crippen molar-refractivity contribution >= 4 is 5.91 Å². The average Bonchev–Trinajstić information content (AvgIpc) is 2.80. The number of carbonyl (C=O) groups is 1. The van der Waals surface area contributed by atoms with Gasteiger partial charge in [-0.15, -0.1) is 0 Å². The predicted octanol–water partition coefficient (Wildman–Crippen LogP) is 0.341. The molecule has 1 rings (SSSR count). The molecule has 1 N–H and O–H groups in total. The zero-order valence-electron chi connectivity index (χ0n) is 10.0. The van der Waals surface area contributed by atoms with Crippen molar-refractivity contribution in [1.82, 2.24) is 19.8 Å². The fourth-order valence-electron chi connectivity index (χ4n) is 1.31. The van der Waals surface area contributed by atoms with E-state index in [1.807, 2.05) is 24.7 Å². The third-order valence-electron chi connectivity index (χ3n) is 2.51. The molecular weight excluding hydrogens is 204 g/mol.